The van der Waals surface area contributed by atoms with E-state index in [9.17, 15) is 9.59 Å². The minimum absolute atomic E-state index is 0.139. The van der Waals surface area contributed by atoms with E-state index in [0.29, 0.717) is 35.2 Å². The number of anilines is 2. The molecule has 154 valence electrons. The fourth-order valence-corrected chi connectivity index (χ4v) is 3.50. The largest absolute Gasteiger partial charge is 0.444 e. The number of nitrogens with one attached hydrogen (secondary N) is 3. The Labute approximate surface area is 178 Å². The summed E-state index contributed by atoms with van der Waals surface area (Å²) in [7, 11) is 1.78. The maximum Gasteiger partial charge on any atom is 0.411 e. The van der Waals surface area contributed by atoms with E-state index < -0.39 is 6.09 Å². The molecule has 1 aliphatic heterocycles. The van der Waals surface area contributed by atoms with Gasteiger partial charge in [-0.05, 0) is 23.8 Å². The van der Waals surface area contributed by atoms with E-state index in [1.165, 1.54) is 6.07 Å². The molecule has 3 aromatic rings. The number of hydrogen-bond acceptors (Lipinski definition) is 5. The van der Waals surface area contributed by atoms with E-state index in [4.69, 9.17) is 16.3 Å². The van der Waals surface area contributed by atoms with Crippen molar-refractivity contribution < 1.29 is 14.3 Å². The number of benzene rings is 2. The Bertz CT molecular complexity index is 1100. The number of hydrogen-bond donors (Lipinski definition) is 3. The number of rotatable bonds is 5. The number of halogens is 1. The second kappa shape index (κ2) is 8.56. The lowest BCUT2D eigenvalue weighted by Gasteiger charge is -2.11. The fourth-order valence-electron chi connectivity index (χ4n) is 3.26. The normalized spacial score (nSPS) is 12.3. The van der Waals surface area contributed by atoms with Crippen LogP contribution in [0, 0.1) is 0 Å². The fraction of sp³-hybridized carbons (Fsp3) is 0.190. The quantitative estimate of drug-likeness (QED) is 0.579. The Hall–Kier alpha value is -3.36. The zero-order valence-corrected chi connectivity index (χ0v) is 17.0. The maximum absolute atomic E-state index is 12.8. The van der Waals surface area contributed by atoms with Gasteiger partial charge in [-0.3, -0.25) is 14.8 Å². The summed E-state index contributed by atoms with van der Waals surface area (Å²) in [6, 6.07) is 14.0. The number of ether oxygens (including phenoxy) is 1. The topological polar surface area (TPSA) is 97.3 Å². The van der Waals surface area contributed by atoms with E-state index >= 15 is 0 Å². The molecule has 0 saturated carbocycles. The predicted octanol–water partition coefficient (Wildman–Crippen LogP) is 3.68. The average molecular weight is 426 g/mol. The van der Waals surface area contributed by atoms with Gasteiger partial charge in [0.25, 0.3) is 5.91 Å². The molecule has 2 aromatic carbocycles. The first-order valence-electron chi connectivity index (χ1n) is 9.34. The number of carbonyl (C=O) groups excluding carboxylic acids is 2. The molecule has 0 atom stereocenters. The summed E-state index contributed by atoms with van der Waals surface area (Å²) in [6.07, 6.45) is -0.636. The van der Waals surface area contributed by atoms with Crippen LogP contribution >= 0.6 is 11.6 Å². The molecule has 3 N–H and O–H groups in total. The summed E-state index contributed by atoms with van der Waals surface area (Å²) < 4.78 is 6.86. The Kier molecular flexibility index (Phi) is 5.69. The molecule has 0 bridgehead atoms. The maximum atomic E-state index is 12.8. The van der Waals surface area contributed by atoms with E-state index in [2.05, 4.69) is 21.0 Å². The Balaban J connectivity index is 1.44. The zero-order chi connectivity index (χ0) is 21.1. The molecule has 1 aromatic heterocycles. The van der Waals surface area contributed by atoms with Gasteiger partial charge < -0.3 is 15.4 Å². The number of aryl methyl sites for hydroxylation is 1. The summed E-state index contributed by atoms with van der Waals surface area (Å²) in [5.74, 6) is 0.285. The highest BCUT2D eigenvalue weighted by Gasteiger charge is 2.22. The monoisotopic (exact) mass is 425 g/mol. The minimum Gasteiger partial charge on any atom is -0.444 e. The molecule has 30 heavy (non-hydrogen) atoms. The van der Waals surface area contributed by atoms with Crippen molar-refractivity contribution in [3.63, 3.8) is 0 Å². The Morgan fingerprint density at radius 3 is 2.77 bits per heavy atom. The summed E-state index contributed by atoms with van der Waals surface area (Å²) in [4.78, 5) is 24.9. The summed E-state index contributed by atoms with van der Waals surface area (Å²) in [5.41, 5.74) is 3.43. The van der Waals surface area contributed by atoms with Crippen LogP contribution < -0.4 is 16.0 Å². The smallest absolute Gasteiger partial charge is 0.411 e. The highest BCUT2D eigenvalue weighted by molar-refractivity contribution is 6.31. The van der Waals surface area contributed by atoms with Crippen molar-refractivity contribution in [3.8, 4) is 0 Å². The van der Waals surface area contributed by atoms with Crippen LogP contribution in [0.5, 0.6) is 0 Å². The third kappa shape index (κ3) is 4.45. The molecule has 2 amide bonds. The number of aromatic nitrogens is 2. The minimum atomic E-state index is -0.636. The third-order valence-corrected chi connectivity index (χ3v) is 4.89. The van der Waals surface area contributed by atoms with E-state index in [0.717, 1.165) is 16.8 Å². The first-order valence-corrected chi connectivity index (χ1v) is 9.72. The van der Waals surface area contributed by atoms with Crippen LogP contribution in [0.25, 0.3) is 0 Å². The van der Waals surface area contributed by atoms with Crippen LogP contribution in [0.15, 0.2) is 48.5 Å². The lowest BCUT2D eigenvalue weighted by atomic mass is 10.2. The van der Waals surface area contributed by atoms with Crippen molar-refractivity contribution in [2.45, 2.75) is 19.7 Å². The molecule has 0 unspecified atom stereocenters. The van der Waals surface area contributed by atoms with Gasteiger partial charge in [-0.15, -0.1) is 0 Å². The van der Waals surface area contributed by atoms with Crippen molar-refractivity contribution >= 4 is 35.1 Å². The van der Waals surface area contributed by atoms with Crippen molar-refractivity contribution in [1.29, 1.82) is 0 Å². The first-order chi connectivity index (χ1) is 14.5. The van der Waals surface area contributed by atoms with Crippen molar-refractivity contribution in [2.24, 2.45) is 7.05 Å². The molecule has 4 rings (SSSR count). The lowest BCUT2D eigenvalue weighted by molar-refractivity contribution is 0.102. The van der Waals surface area contributed by atoms with Gasteiger partial charge in [0.05, 0.1) is 5.69 Å². The number of fused-ring (bicyclic) bond motifs is 1. The molecule has 1 aliphatic rings. The third-order valence-electron chi connectivity index (χ3n) is 4.67. The number of nitrogens with zero attached hydrogens (tertiary/aromatic N) is 2. The SMILES string of the molecule is Cn1nc2c(c1NC(=O)c1cc(Cl)cc(NC(=O)OCc3ccccc3)c1)CNC2. The molecule has 0 aliphatic carbocycles. The number of amides is 2. The van der Waals surface area contributed by atoms with Crippen molar-refractivity contribution in [3.05, 3.63) is 75.9 Å². The predicted molar refractivity (Wildman–Crippen MR) is 113 cm³/mol. The van der Waals surface area contributed by atoms with Gasteiger partial charge in [-0.25, -0.2) is 4.79 Å². The van der Waals surface area contributed by atoms with E-state index in [1.54, 1.807) is 23.9 Å². The van der Waals surface area contributed by atoms with Crippen molar-refractivity contribution in [1.82, 2.24) is 15.1 Å². The van der Waals surface area contributed by atoms with Crippen LogP contribution in [0.3, 0.4) is 0 Å². The van der Waals surface area contributed by atoms with Gasteiger partial charge in [0, 0.05) is 42.0 Å². The Morgan fingerprint density at radius 1 is 1.17 bits per heavy atom. The second-order valence-corrected chi connectivity index (χ2v) is 7.31. The molecule has 2 heterocycles. The molecule has 0 radical (unpaired) electrons. The molecule has 0 spiro atoms. The number of carbonyl (C=O) groups is 2. The van der Waals surface area contributed by atoms with Crippen LogP contribution in [-0.2, 0) is 31.5 Å². The van der Waals surface area contributed by atoms with Gasteiger partial charge in [-0.1, -0.05) is 41.9 Å². The van der Waals surface area contributed by atoms with Crippen molar-refractivity contribution in [2.75, 3.05) is 10.6 Å². The van der Waals surface area contributed by atoms with Crippen LogP contribution in [-0.4, -0.2) is 21.8 Å². The van der Waals surface area contributed by atoms with Crippen LogP contribution in [0.2, 0.25) is 5.02 Å². The van der Waals surface area contributed by atoms with Gasteiger partial charge in [-0.2, -0.15) is 5.10 Å². The highest BCUT2D eigenvalue weighted by atomic mass is 35.5. The van der Waals surface area contributed by atoms with Gasteiger partial charge in [0.2, 0.25) is 0 Å². The van der Waals surface area contributed by atoms with Gasteiger partial charge in [0.1, 0.15) is 12.4 Å². The molecule has 0 fully saturated rings. The average Bonchev–Trinajstić information content (AvgIpc) is 3.29. The van der Waals surface area contributed by atoms with E-state index in [-0.39, 0.29) is 12.5 Å². The van der Waals surface area contributed by atoms with Crippen LogP contribution in [0.4, 0.5) is 16.3 Å². The molecular weight excluding hydrogens is 406 g/mol. The van der Waals surface area contributed by atoms with Gasteiger partial charge in [0.15, 0.2) is 0 Å². The Morgan fingerprint density at radius 2 is 1.97 bits per heavy atom. The summed E-state index contributed by atoms with van der Waals surface area (Å²) >= 11 is 6.16. The summed E-state index contributed by atoms with van der Waals surface area (Å²) in [6.45, 7) is 1.46. The first kappa shape index (κ1) is 19.9. The highest BCUT2D eigenvalue weighted by Crippen LogP contribution is 2.25. The molecule has 8 nitrogen and oxygen atoms in total. The van der Waals surface area contributed by atoms with Crippen LogP contribution in [0.1, 0.15) is 27.2 Å². The molecular formula is C21H20ClN5O3. The van der Waals surface area contributed by atoms with Gasteiger partial charge >= 0.3 is 6.09 Å². The second-order valence-electron chi connectivity index (χ2n) is 6.87. The zero-order valence-electron chi connectivity index (χ0n) is 16.2. The molecule has 0 saturated heterocycles. The standard InChI is InChI=1S/C21H20ClN5O3/c1-27-19(17-10-23-11-18(17)26-27)25-20(28)14-7-15(22)9-16(8-14)24-21(29)30-12-13-5-3-2-4-6-13/h2-9,23H,10-12H2,1H3,(H,24,29)(H,25,28). The van der Waals surface area contributed by atoms with E-state index in [1.807, 2.05) is 30.3 Å². The lowest BCUT2D eigenvalue weighted by Crippen LogP contribution is -2.18. The molecule has 9 heteroatoms. The summed E-state index contributed by atoms with van der Waals surface area (Å²) in [5, 5.41) is 13.4.